The van der Waals surface area contributed by atoms with Crippen LogP contribution in [0, 0.1) is 42.4 Å². The van der Waals surface area contributed by atoms with Crippen LogP contribution in [0.3, 0.4) is 0 Å². The second kappa shape index (κ2) is 26.0. The maximum absolute atomic E-state index is 15.2. The number of rotatable bonds is 26. The van der Waals surface area contributed by atoms with Gasteiger partial charge in [0.1, 0.15) is 23.8 Å². The number of Topliss-reactive ketones (excluding diaryl/α,β-unsaturated/α-hetero) is 2. The Morgan fingerprint density at radius 1 is 0.699 bits per heavy atom. The van der Waals surface area contributed by atoms with Crippen LogP contribution < -0.4 is 0 Å². The van der Waals surface area contributed by atoms with Crippen molar-refractivity contribution in [3.8, 4) is 0 Å². The fourth-order valence-electron chi connectivity index (χ4n) is 9.84. The minimum Gasteiger partial charge on any atom is -0.472 e. The molecule has 14 heteroatoms. The van der Waals surface area contributed by atoms with Crippen LogP contribution in [-0.2, 0) is 46.6 Å². The number of aryl methyl sites for hydroxylation is 1. The Hall–Kier alpha value is -1.50. The molecule has 0 bridgehead atoms. The SMILES string of the molecule is CO[C@H]([C@H](OC(=O)C[C@@H](O[Si](C)(C)C(C)(C)C)c1cocc1C)C(C)C)[C@@H](CC(=O)[C@@H](C)[C@H](CC[C@@H](C)[C@@H]1O[C@]2(CC[C@@H](C)[C@H](CC[C@H](C)C(C)=O)O2)CC[C@@H]1C)O[Si](C)(C)C(C)(C)C)O[Si](C)(C)C(C)(C)C. The van der Waals surface area contributed by atoms with Gasteiger partial charge in [0.15, 0.2) is 30.7 Å². The van der Waals surface area contributed by atoms with Crippen LogP contribution in [0.1, 0.15) is 199 Å². The fraction of sp³-hybridized carbons (Fsp3) is 0.881. The highest BCUT2D eigenvalue weighted by atomic mass is 28.4. The van der Waals surface area contributed by atoms with Gasteiger partial charge in [0.25, 0.3) is 0 Å². The summed E-state index contributed by atoms with van der Waals surface area (Å²) < 4.78 is 54.2. The van der Waals surface area contributed by atoms with Crippen molar-refractivity contribution >= 4 is 42.5 Å². The molecule has 0 radical (unpaired) electrons. The van der Waals surface area contributed by atoms with E-state index in [1.807, 2.05) is 34.6 Å². The normalized spacial score (nSPS) is 25.2. The minimum atomic E-state index is -2.53. The van der Waals surface area contributed by atoms with Crippen LogP contribution in [0.25, 0.3) is 0 Å². The lowest BCUT2D eigenvalue weighted by Crippen LogP contribution is -2.54. The first kappa shape index (κ1) is 65.8. The van der Waals surface area contributed by atoms with E-state index in [0.717, 1.165) is 56.1 Å². The Kier molecular flexibility index (Phi) is 23.4. The van der Waals surface area contributed by atoms with Crippen LogP contribution in [-0.4, -0.2) is 92.0 Å². The van der Waals surface area contributed by atoms with Gasteiger partial charge in [-0.1, -0.05) is 111 Å². The van der Waals surface area contributed by atoms with Crippen LogP contribution in [0.2, 0.25) is 54.4 Å². The van der Waals surface area contributed by atoms with E-state index in [0.29, 0.717) is 18.3 Å². The van der Waals surface area contributed by atoms with E-state index < -0.39 is 67.0 Å². The molecule has 0 saturated carbocycles. The van der Waals surface area contributed by atoms with E-state index in [-0.39, 0.29) is 75.6 Å². The van der Waals surface area contributed by atoms with Crippen LogP contribution in [0.4, 0.5) is 0 Å². The number of esters is 1. The molecule has 0 N–H and O–H groups in total. The molecular weight excluding hydrogens is 969 g/mol. The minimum absolute atomic E-state index is 0.00111. The molecule has 2 aliphatic heterocycles. The second-order valence-corrected chi connectivity index (χ2v) is 42.4. The molecule has 0 unspecified atom stereocenters. The third-order valence-corrected chi connectivity index (χ3v) is 32.1. The smallest absolute Gasteiger partial charge is 0.309 e. The summed E-state index contributed by atoms with van der Waals surface area (Å²) in [6, 6.07) is 0. The molecule has 73 heavy (non-hydrogen) atoms. The van der Waals surface area contributed by atoms with Crippen molar-refractivity contribution in [2.24, 2.45) is 35.5 Å². The highest BCUT2D eigenvalue weighted by Gasteiger charge is 2.50. The molecule has 424 valence electrons. The van der Waals surface area contributed by atoms with Crippen molar-refractivity contribution in [1.29, 1.82) is 0 Å². The summed E-state index contributed by atoms with van der Waals surface area (Å²) in [5.74, 6) is -0.366. The summed E-state index contributed by atoms with van der Waals surface area (Å²) in [4.78, 5) is 41.7. The van der Waals surface area contributed by atoms with E-state index in [9.17, 15) is 9.59 Å². The number of furan rings is 1. The number of ketones is 2. The van der Waals surface area contributed by atoms with Crippen LogP contribution in [0.5, 0.6) is 0 Å². The van der Waals surface area contributed by atoms with E-state index in [2.05, 4.69) is 122 Å². The zero-order chi connectivity index (χ0) is 56.0. The van der Waals surface area contributed by atoms with Crippen molar-refractivity contribution < 1.29 is 51.0 Å². The largest absolute Gasteiger partial charge is 0.472 e. The van der Waals surface area contributed by atoms with Gasteiger partial charge in [0.2, 0.25) is 0 Å². The molecule has 3 rings (SSSR count). The summed E-state index contributed by atoms with van der Waals surface area (Å²) in [7, 11) is -5.59. The van der Waals surface area contributed by atoms with Crippen molar-refractivity contribution in [2.75, 3.05) is 7.11 Å². The first-order valence-electron chi connectivity index (χ1n) is 28.4. The van der Waals surface area contributed by atoms with Crippen molar-refractivity contribution in [3.05, 3.63) is 23.7 Å². The molecule has 2 fully saturated rings. The Morgan fingerprint density at radius 3 is 1.70 bits per heavy atom. The Morgan fingerprint density at radius 2 is 1.22 bits per heavy atom. The van der Waals surface area contributed by atoms with Gasteiger partial charge in [0, 0.05) is 43.8 Å². The first-order valence-corrected chi connectivity index (χ1v) is 37.1. The summed E-state index contributed by atoms with van der Waals surface area (Å²) in [5, 5.41) is -0.331. The summed E-state index contributed by atoms with van der Waals surface area (Å²) in [6.07, 6.45) is 7.52. The molecule has 1 aromatic heterocycles. The highest BCUT2D eigenvalue weighted by Crippen LogP contribution is 2.47. The van der Waals surface area contributed by atoms with E-state index in [4.69, 9.17) is 36.6 Å². The van der Waals surface area contributed by atoms with Gasteiger partial charge in [-0.15, -0.1) is 0 Å². The highest BCUT2D eigenvalue weighted by molar-refractivity contribution is 6.75. The number of methoxy groups -OCH3 is 1. The molecule has 3 heterocycles. The molecule has 2 aliphatic rings. The van der Waals surface area contributed by atoms with Gasteiger partial charge < -0.3 is 36.6 Å². The molecule has 1 spiro atoms. The zero-order valence-corrected chi connectivity index (χ0v) is 54.2. The molecule has 1 aromatic rings. The molecule has 0 amide bonds. The number of hydrogen-bond acceptors (Lipinski definition) is 11. The van der Waals surface area contributed by atoms with Crippen molar-refractivity contribution in [3.63, 3.8) is 0 Å². The number of carbonyl (C=O) groups excluding carboxylic acids is 3. The standard InChI is InChI=1S/C59H110O11Si3/c1-38(2)53(65-52(62)35-50(46-37-64-36-43(46)7)69-72(22,23)57(13,14)15)55(63-19)51(70-73(24,25)58(16,17)18)34-47(61)44(8)49(68-71(20,21)56(10,11)12)29-27-41(5)54-42(6)31-33-59(67-54)32-30-40(4)48(66-59)28-26-39(3)45(9)60/h36-42,44,48-51,53-55H,26-35H2,1-25H3/t39-,40+,41+,42-,44+,48-,49-,50+,51+,53+,54-,55-,59+/m0/s1. The Labute approximate surface area is 449 Å². The quantitative estimate of drug-likeness (QED) is 0.0649. The third kappa shape index (κ3) is 17.8. The second-order valence-electron chi connectivity index (χ2n) is 28.1. The molecule has 0 aromatic carbocycles. The van der Waals surface area contributed by atoms with E-state index >= 15 is 4.79 Å². The van der Waals surface area contributed by atoms with Crippen LogP contribution >= 0.6 is 0 Å². The predicted octanol–water partition coefficient (Wildman–Crippen LogP) is 15.7. The van der Waals surface area contributed by atoms with Gasteiger partial charge in [-0.25, -0.2) is 0 Å². The number of ether oxygens (including phenoxy) is 4. The lowest BCUT2D eigenvalue weighted by molar-refractivity contribution is -0.338. The summed E-state index contributed by atoms with van der Waals surface area (Å²) >= 11 is 0. The van der Waals surface area contributed by atoms with Gasteiger partial charge in [-0.05, 0) is 136 Å². The maximum Gasteiger partial charge on any atom is 0.309 e. The molecule has 13 atom stereocenters. The molecule has 11 nitrogen and oxygen atoms in total. The average Bonchev–Trinajstić information content (AvgIpc) is 3.69. The third-order valence-electron chi connectivity index (χ3n) is 18.6. The molecular formula is C59H110O11Si3. The fourth-order valence-corrected chi connectivity index (χ4v) is 13.9. The van der Waals surface area contributed by atoms with Gasteiger partial charge in [0.05, 0.1) is 49.5 Å². The summed E-state index contributed by atoms with van der Waals surface area (Å²) in [5.41, 5.74) is 1.76. The molecule has 0 aliphatic carbocycles. The van der Waals surface area contributed by atoms with E-state index in [1.54, 1.807) is 26.6 Å². The molecule has 2 saturated heterocycles. The number of hydrogen-bond donors (Lipinski definition) is 0. The Bertz CT molecular complexity index is 1900. The van der Waals surface area contributed by atoms with Crippen LogP contribution in [0.15, 0.2) is 16.9 Å². The zero-order valence-electron chi connectivity index (χ0n) is 51.2. The van der Waals surface area contributed by atoms with Gasteiger partial charge >= 0.3 is 5.97 Å². The average molecular weight is 1080 g/mol. The maximum atomic E-state index is 15.2. The predicted molar refractivity (Wildman–Crippen MR) is 304 cm³/mol. The lowest BCUT2D eigenvalue weighted by Gasteiger charge is -2.51. The van der Waals surface area contributed by atoms with Crippen molar-refractivity contribution in [2.45, 2.75) is 292 Å². The Balaban J connectivity index is 1.96. The first-order chi connectivity index (χ1) is 33.2. The summed E-state index contributed by atoms with van der Waals surface area (Å²) in [6.45, 7) is 51.9. The van der Waals surface area contributed by atoms with Gasteiger partial charge in [-0.3, -0.25) is 14.4 Å². The number of carbonyl (C=O) groups is 3. The van der Waals surface area contributed by atoms with E-state index in [1.165, 1.54) is 0 Å². The monoisotopic (exact) mass is 1080 g/mol. The van der Waals surface area contributed by atoms with Gasteiger partial charge in [-0.2, -0.15) is 0 Å². The van der Waals surface area contributed by atoms with Crippen molar-refractivity contribution in [1.82, 2.24) is 0 Å². The topological polar surface area (TPSA) is 129 Å². The lowest BCUT2D eigenvalue weighted by atomic mass is 9.79.